The Balaban J connectivity index is 2.11. The van der Waals surface area contributed by atoms with Crippen LogP contribution in [0, 0.1) is 11.3 Å². The van der Waals surface area contributed by atoms with Gasteiger partial charge in [-0.1, -0.05) is 13.0 Å². The van der Waals surface area contributed by atoms with E-state index in [2.05, 4.69) is 10.3 Å². The second-order valence-electron chi connectivity index (χ2n) is 5.27. The van der Waals surface area contributed by atoms with Crippen LogP contribution in [0.5, 0.6) is 0 Å². The monoisotopic (exact) mass is 322 g/mol. The topological polar surface area (TPSA) is 86.1 Å². The summed E-state index contributed by atoms with van der Waals surface area (Å²) in [4.78, 5) is 30.0. The first-order valence-corrected chi connectivity index (χ1v) is 7.55. The molecule has 0 aliphatic heterocycles. The maximum absolute atomic E-state index is 12.4. The number of hydrogen-bond acceptors (Lipinski definition) is 4. The summed E-state index contributed by atoms with van der Waals surface area (Å²) in [6.07, 6.45) is 3.98. The number of hydrogen-bond donors (Lipinski definition) is 1. The summed E-state index contributed by atoms with van der Waals surface area (Å²) in [6, 6.07) is 11.9. The number of aromatic nitrogens is 1. The lowest BCUT2D eigenvalue weighted by Gasteiger charge is -2.27. The molecule has 0 saturated carbocycles. The molecule has 6 heteroatoms. The average Bonchev–Trinajstić information content (AvgIpc) is 2.62. The molecule has 2 rings (SSSR count). The molecule has 0 radical (unpaired) electrons. The van der Waals surface area contributed by atoms with Crippen LogP contribution in [-0.2, 0) is 9.59 Å². The van der Waals surface area contributed by atoms with Gasteiger partial charge in [-0.25, -0.2) is 0 Å². The molecule has 0 aliphatic rings. The summed E-state index contributed by atoms with van der Waals surface area (Å²) in [5.41, 5.74) is 1.75. The van der Waals surface area contributed by atoms with Gasteiger partial charge in [0.25, 0.3) is 0 Å². The molecule has 6 nitrogen and oxygen atoms in total. The molecule has 0 aliphatic carbocycles. The normalized spacial score (nSPS) is 11.2. The van der Waals surface area contributed by atoms with Gasteiger partial charge in [0.1, 0.15) is 0 Å². The van der Waals surface area contributed by atoms with Crippen LogP contribution >= 0.6 is 0 Å². The fourth-order valence-electron chi connectivity index (χ4n) is 2.47. The van der Waals surface area contributed by atoms with Gasteiger partial charge in [0, 0.05) is 25.1 Å². The van der Waals surface area contributed by atoms with E-state index in [1.165, 1.54) is 11.0 Å². The highest BCUT2D eigenvalue weighted by molar-refractivity contribution is 6.39. The first-order chi connectivity index (χ1) is 11.6. The molecule has 1 atom stereocenters. The molecule has 2 amide bonds. The minimum absolute atomic E-state index is 0.211. The smallest absolute Gasteiger partial charge is 0.313 e. The van der Waals surface area contributed by atoms with Crippen LogP contribution in [0.15, 0.2) is 48.8 Å². The Hall–Kier alpha value is -3.20. The lowest BCUT2D eigenvalue weighted by atomic mass is 10.0. The van der Waals surface area contributed by atoms with Crippen LogP contribution in [0.3, 0.4) is 0 Å². The van der Waals surface area contributed by atoms with E-state index in [1.54, 1.807) is 37.6 Å². The SMILES string of the molecule is CCC(c1ccncc1)N(C)C(=O)C(=O)Nc1cccc(C#N)c1. The Morgan fingerprint density at radius 3 is 2.62 bits per heavy atom. The number of nitrogens with zero attached hydrogens (tertiary/aromatic N) is 3. The van der Waals surface area contributed by atoms with Gasteiger partial charge in [-0.15, -0.1) is 0 Å². The maximum atomic E-state index is 12.4. The zero-order valence-electron chi connectivity index (χ0n) is 13.6. The van der Waals surface area contributed by atoms with Gasteiger partial charge in [-0.05, 0) is 42.3 Å². The number of rotatable bonds is 4. The van der Waals surface area contributed by atoms with Crippen molar-refractivity contribution in [2.45, 2.75) is 19.4 Å². The molecule has 1 aromatic heterocycles. The van der Waals surface area contributed by atoms with Crippen molar-refractivity contribution in [3.63, 3.8) is 0 Å². The zero-order valence-corrected chi connectivity index (χ0v) is 13.6. The Morgan fingerprint density at radius 2 is 2.00 bits per heavy atom. The molecule has 24 heavy (non-hydrogen) atoms. The highest BCUT2D eigenvalue weighted by atomic mass is 16.2. The van der Waals surface area contributed by atoms with E-state index >= 15 is 0 Å². The zero-order chi connectivity index (χ0) is 17.5. The van der Waals surface area contributed by atoms with Crippen molar-refractivity contribution in [1.29, 1.82) is 5.26 Å². The van der Waals surface area contributed by atoms with E-state index in [-0.39, 0.29) is 6.04 Å². The standard InChI is InChI=1S/C18H18N4O2/c1-3-16(14-7-9-20-10-8-14)22(2)18(24)17(23)21-15-6-4-5-13(11-15)12-19/h4-11,16H,3H2,1-2H3,(H,21,23). The summed E-state index contributed by atoms with van der Waals surface area (Å²) in [5, 5.41) is 11.4. The van der Waals surface area contributed by atoms with Crippen LogP contribution < -0.4 is 5.32 Å². The van der Waals surface area contributed by atoms with Gasteiger partial charge in [-0.2, -0.15) is 5.26 Å². The predicted octanol–water partition coefficient (Wildman–Crippen LogP) is 2.50. The lowest BCUT2D eigenvalue weighted by molar-refractivity contribution is -0.143. The Labute approximate surface area is 140 Å². The second-order valence-corrected chi connectivity index (χ2v) is 5.27. The van der Waals surface area contributed by atoms with E-state index in [4.69, 9.17) is 5.26 Å². The summed E-state index contributed by atoms with van der Waals surface area (Å²) in [7, 11) is 1.60. The van der Waals surface area contributed by atoms with Crippen LogP contribution in [0.2, 0.25) is 0 Å². The van der Waals surface area contributed by atoms with Gasteiger partial charge >= 0.3 is 11.8 Å². The van der Waals surface area contributed by atoms with E-state index in [0.29, 0.717) is 17.7 Å². The summed E-state index contributed by atoms with van der Waals surface area (Å²) < 4.78 is 0. The minimum atomic E-state index is -0.736. The molecule has 0 saturated heterocycles. The van der Waals surface area contributed by atoms with Crippen LogP contribution in [-0.4, -0.2) is 28.7 Å². The van der Waals surface area contributed by atoms with Crippen LogP contribution in [0.25, 0.3) is 0 Å². The molecule has 0 bridgehead atoms. The molecule has 122 valence electrons. The number of pyridine rings is 1. The van der Waals surface area contributed by atoms with Crippen LogP contribution in [0.1, 0.15) is 30.5 Å². The fraction of sp³-hybridized carbons (Fsp3) is 0.222. The van der Waals surface area contributed by atoms with Crippen LogP contribution in [0.4, 0.5) is 5.69 Å². The molecular formula is C18H18N4O2. The predicted molar refractivity (Wildman–Crippen MR) is 89.8 cm³/mol. The number of benzene rings is 1. The minimum Gasteiger partial charge on any atom is -0.330 e. The van der Waals surface area contributed by atoms with Gasteiger partial charge in [0.2, 0.25) is 0 Å². The van der Waals surface area contributed by atoms with Gasteiger partial charge in [0.15, 0.2) is 0 Å². The number of nitrogens with one attached hydrogen (secondary N) is 1. The third-order valence-electron chi connectivity index (χ3n) is 3.71. The second kappa shape index (κ2) is 7.88. The third-order valence-corrected chi connectivity index (χ3v) is 3.71. The largest absolute Gasteiger partial charge is 0.330 e. The molecule has 0 fully saturated rings. The van der Waals surface area contributed by atoms with Crippen molar-refractivity contribution in [3.05, 3.63) is 59.9 Å². The Kier molecular flexibility index (Phi) is 5.63. The van der Waals surface area contributed by atoms with Gasteiger partial charge in [-0.3, -0.25) is 14.6 Å². The van der Waals surface area contributed by atoms with E-state index < -0.39 is 11.8 Å². The van der Waals surface area contributed by atoms with Crippen molar-refractivity contribution < 1.29 is 9.59 Å². The summed E-state index contributed by atoms with van der Waals surface area (Å²) in [6.45, 7) is 1.95. The molecular weight excluding hydrogens is 304 g/mol. The Bertz CT molecular complexity index is 768. The number of carbonyl (C=O) groups excluding carboxylic acids is 2. The lowest BCUT2D eigenvalue weighted by Crippen LogP contribution is -2.39. The highest BCUT2D eigenvalue weighted by Crippen LogP contribution is 2.22. The first-order valence-electron chi connectivity index (χ1n) is 7.55. The molecule has 1 N–H and O–H groups in total. The molecule has 1 aromatic carbocycles. The van der Waals surface area contributed by atoms with E-state index in [0.717, 1.165) is 5.56 Å². The third kappa shape index (κ3) is 3.96. The number of carbonyl (C=O) groups is 2. The van der Waals surface area contributed by atoms with Crippen molar-refractivity contribution in [2.24, 2.45) is 0 Å². The van der Waals surface area contributed by atoms with Crippen molar-refractivity contribution >= 4 is 17.5 Å². The molecule has 1 heterocycles. The van der Waals surface area contributed by atoms with Gasteiger partial charge in [0.05, 0.1) is 17.7 Å². The number of amides is 2. The van der Waals surface area contributed by atoms with Crippen molar-refractivity contribution in [2.75, 3.05) is 12.4 Å². The fourth-order valence-corrected chi connectivity index (χ4v) is 2.47. The maximum Gasteiger partial charge on any atom is 0.313 e. The Morgan fingerprint density at radius 1 is 1.29 bits per heavy atom. The molecule has 2 aromatic rings. The molecule has 1 unspecified atom stereocenters. The molecule has 0 spiro atoms. The van der Waals surface area contributed by atoms with E-state index in [9.17, 15) is 9.59 Å². The highest BCUT2D eigenvalue weighted by Gasteiger charge is 2.25. The average molecular weight is 322 g/mol. The number of nitriles is 1. The number of likely N-dealkylation sites (N-methyl/N-ethyl adjacent to an activating group) is 1. The van der Waals surface area contributed by atoms with Gasteiger partial charge < -0.3 is 10.2 Å². The summed E-state index contributed by atoms with van der Waals surface area (Å²) in [5.74, 6) is -1.37. The quantitative estimate of drug-likeness (QED) is 0.876. The van der Waals surface area contributed by atoms with E-state index in [1.807, 2.05) is 25.1 Å². The van der Waals surface area contributed by atoms with Crippen molar-refractivity contribution in [3.8, 4) is 6.07 Å². The first kappa shape index (κ1) is 17.2. The van der Waals surface area contributed by atoms with Crippen molar-refractivity contribution in [1.82, 2.24) is 9.88 Å². The number of anilines is 1. The summed E-state index contributed by atoms with van der Waals surface area (Å²) >= 11 is 0.